The first-order chi connectivity index (χ1) is 12.1. The molecule has 5 nitrogen and oxygen atoms in total. The maximum absolute atomic E-state index is 11.9. The summed E-state index contributed by atoms with van der Waals surface area (Å²) in [5, 5.41) is 15.6. The number of aryl methyl sites for hydroxylation is 1. The standard InChI is InChI=1S/C20H26N2O3/c1-3-25-14-17-8-6-16(7-9-17)12-21-20(24)22-13-19(23)18-10-4-15(2)5-11-18/h4-11,19,23H,3,12-14H2,1-2H3,(H2,21,22,24). The minimum Gasteiger partial charge on any atom is -0.387 e. The average molecular weight is 342 g/mol. The number of rotatable bonds is 8. The fraction of sp³-hybridized carbons (Fsp3) is 0.350. The van der Waals surface area contributed by atoms with Crippen molar-refractivity contribution in [2.24, 2.45) is 0 Å². The van der Waals surface area contributed by atoms with E-state index in [1.807, 2.05) is 62.4 Å². The van der Waals surface area contributed by atoms with Crippen LogP contribution in [0.3, 0.4) is 0 Å². The van der Waals surface area contributed by atoms with Gasteiger partial charge in [0.1, 0.15) is 0 Å². The molecule has 1 unspecified atom stereocenters. The van der Waals surface area contributed by atoms with Crippen LogP contribution < -0.4 is 10.6 Å². The van der Waals surface area contributed by atoms with E-state index in [1.165, 1.54) is 0 Å². The van der Waals surface area contributed by atoms with Crippen molar-refractivity contribution < 1.29 is 14.6 Å². The number of carbonyl (C=O) groups excluding carboxylic acids is 1. The molecule has 2 aromatic rings. The number of aliphatic hydroxyl groups is 1. The SMILES string of the molecule is CCOCc1ccc(CNC(=O)NCC(O)c2ccc(C)cc2)cc1. The van der Waals surface area contributed by atoms with Crippen LogP contribution in [0.15, 0.2) is 48.5 Å². The fourth-order valence-corrected chi connectivity index (χ4v) is 2.31. The molecule has 0 radical (unpaired) electrons. The first-order valence-corrected chi connectivity index (χ1v) is 8.50. The van der Waals surface area contributed by atoms with Gasteiger partial charge >= 0.3 is 6.03 Å². The van der Waals surface area contributed by atoms with Crippen molar-refractivity contribution in [2.45, 2.75) is 33.1 Å². The first kappa shape index (κ1) is 19.0. The number of nitrogens with one attached hydrogen (secondary N) is 2. The summed E-state index contributed by atoms with van der Waals surface area (Å²) in [6.45, 7) is 5.85. The van der Waals surface area contributed by atoms with Gasteiger partial charge in [0, 0.05) is 19.7 Å². The second-order valence-electron chi connectivity index (χ2n) is 5.94. The summed E-state index contributed by atoms with van der Waals surface area (Å²) in [6.07, 6.45) is -0.718. The van der Waals surface area contributed by atoms with Gasteiger partial charge in [-0.1, -0.05) is 54.1 Å². The van der Waals surface area contributed by atoms with Crippen molar-refractivity contribution in [3.8, 4) is 0 Å². The summed E-state index contributed by atoms with van der Waals surface area (Å²) in [6, 6.07) is 15.2. The predicted octanol–water partition coefficient (Wildman–Crippen LogP) is 3.06. The van der Waals surface area contributed by atoms with Gasteiger partial charge in [-0.3, -0.25) is 0 Å². The Hall–Kier alpha value is -2.37. The molecular formula is C20H26N2O3. The Kier molecular flexibility index (Phi) is 7.44. The molecule has 0 aromatic heterocycles. The second-order valence-corrected chi connectivity index (χ2v) is 5.94. The Bertz CT molecular complexity index is 654. The van der Waals surface area contributed by atoms with E-state index < -0.39 is 6.10 Å². The van der Waals surface area contributed by atoms with E-state index in [9.17, 15) is 9.90 Å². The van der Waals surface area contributed by atoms with E-state index in [0.29, 0.717) is 19.8 Å². The molecule has 5 heteroatoms. The lowest BCUT2D eigenvalue weighted by Crippen LogP contribution is -2.37. The molecule has 2 amide bonds. The normalized spacial score (nSPS) is 11.8. The fourth-order valence-electron chi connectivity index (χ4n) is 2.31. The van der Waals surface area contributed by atoms with Gasteiger partial charge in [-0.05, 0) is 30.5 Å². The van der Waals surface area contributed by atoms with E-state index in [-0.39, 0.29) is 12.6 Å². The Morgan fingerprint density at radius 3 is 2.32 bits per heavy atom. The monoisotopic (exact) mass is 342 g/mol. The van der Waals surface area contributed by atoms with Crippen LogP contribution in [0.5, 0.6) is 0 Å². The van der Waals surface area contributed by atoms with Crippen LogP contribution in [-0.2, 0) is 17.9 Å². The molecule has 0 saturated heterocycles. The van der Waals surface area contributed by atoms with Crippen LogP contribution in [0.4, 0.5) is 4.79 Å². The Morgan fingerprint density at radius 1 is 1.04 bits per heavy atom. The second kappa shape index (κ2) is 9.81. The zero-order valence-corrected chi connectivity index (χ0v) is 14.8. The smallest absolute Gasteiger partial charge is 0.315 e. The summed E-state index contributed by atoms with van der Waals surface area (Å²) in [4.78, 5) is 11.9. The van der Waals surface area contributed by atoms with E-state index in [0.717, 1.165) is 22.3 Å². The van der Waals surface area contributed by atoms with Crippen LogP contribution >= 0.6 is 0 Å². The number of amides is 2. The molecule has 0 aliphatic heterocycles. The molecule has 134 valence electrons. The van der Waals surface area contributed by atoms with Gasteiger partial charge in [-0.15, -0.1) is 0 Å². The number of urea groups is 1. The van der Waals surface area contributed by atoms with Crippen molar-refractivity contribution >= 4 is 6.03 Å². The van der Waals surface area contributed by atoms with Crippen LogP contribution in [0, 0.1) is 6.92 Å². The lowest BCUT2D eigenvalue weighted by Gasteiger charge is -2.13. The van der Waals surface area contributed by atoms with Gasteiger partial charge in [0.25, 0.3) is 0 Å². The summed E-state index contributed by atoms with van der Waals surface area (Å²) in [5.41, 5.74) is 4.04. The molecular weight excluding hydrogens is 316 g/mol. The average Bonchev–Trinajstić information content (AvgIpc) is 2.64. The molecule has 0 heterocycles. The largest absolute Gasteiger partial charge is 0.387 e. The molecule has 0 saturated carbocycles. The zero-order chi connectivity index (χ0) is 18.1. The molecule has 2 aromatic carbocycles. The molecule has 0 fully saturated rings. The van der Waals surface area contributed by atoms with Crippen molar-refractivity contribution in [1.82, 2.24) is 10.6 Å². The minimum absolute atomic E-state index is 0.169. The summed E-state index contributed by atoms with van der Waals surface area (Å²) < 4.78 is 5.35. The summed E-state index contributed by atoms with van der Waals surface area (Å²) in [5.74, 6) is 0. The number of carbonyl (C=O) groups is 1. The van der Waals surface area contributed by atoms with Crippen LogP contribution in [0.25, 0.3) is 0 Å². The van der Waals surface area contributed by atoms with Crippen molar-refractivity contribution in [3.63, 3.8) is 0 Å². The number of ether oxygens (including phenoxy) is 1. The van der Waals surface area contributed by atoms with E-state index in [2.05, 4.69) is 10.6 Å². The molecule has 0 spiro atoms. The molecule has 0 bridgehead atoms. The maximum Gasteiger partial charge on any atom is 0.315 e. The highest BCUT2D eigenvalue weighted by atomic mass is 16.5. The molecule has 25 heavy (non-hydrogen) atoms. The van der Waals surface area contributed by atoms with Crippen molar-refractivity contribution in [2.75, 3.05) is 13.2 Å². The third-order valence-electron chi connectivity index (χ3n) is 3.87. The van der Waals surface area contributed by atoms with Gasteiger partial charge in [0.2, 0.25) is 0 Å². The van der Waals surface area contributed by atoms with Crippen molar-refractivity contribution in [1.29, 1.82) is 0 Å². The molecule has 3 N–H and O–H groups in total. The van der Waals surface area contributed by atoms with Crippen LogP contribution in [-0.4, -0.2) is 24.3 Å². The highest BCUT2D eigenvalue weighted by Gasteiger charge is 2.09. The van der Waals surface area contributed by atoms with Crippen LogP contribution in [0.1, 0.15) is 35.3 Å². The van der Waals surface area contributed by atoms with Crippen LogP contribution in [0.2, 0.25) is 0 Å². The zero-order valence-electron chi connectivity index (χ0n) is 14.8. The van der Waals surface area contributed by atoms with E-state index in [4.69, 9.17) is 4.74 Å². The number of aliphatic hydroxyl groups excluding tert-OH is 1. The summed E-state index contributed by atoms with van der Waals surface area (Å²) in [7, 11) is 0. The Balaban J connectivity index is 1.72. The minimum atomic E-state index is -0.718. The lowest BCUT2D eigenvalue weighted by molar-refractivity contribution is 0.134. The number of benzene rings is 2. The number of hydrogen-bond donors (Lipinski definition) is 3. The van der Waals surface area contributed by atoms with E-state index >= 15 is 0 Å². The lowest BCUT2D eigenvalue weighted by atomic mass is 10.1. The molecule has 0 aliphatic carbocycles. The third kappa shape index (κ3) is 6.57. The molecule has 1 atom stereocenters. The quantitative estimate of drug-likeness (QED) is 0.690. The number of hydrogen-bond acceptors (Lipinski definition) is 3. The van der Waals surface area contributed by atoms with E-state index in [1.54, 1.807) is 0 Å². The highest BCUT2D eigenvalue weighted by molar-refractivity contribution is 5.73. The molecule has 2 rings (SSSR count). The van der Waals surface area contributed by atoms with Gasteiger partial charge in [-0.25, -0.2) is 4.79 Å². The van der Waals surface area contributed by atoms with Gasteiger partial charge in [0.15, 0.2) is 0 Å². The topological polar surface area (TPSA) is 70.6 Å². The third-order valence-corrected chi connectivity index (χ3v) is 3.87. The Labute approximate surface area is 149 Å². The van der Waals surface area contributed by atoms with Crippen molar-refractivity contribution in [3.05, 3.63) is 70.8 Å². The first-order valence-electron chi connectivity index (χ1n) is 8.50. The Morgan fingerprint density at radius 2 is 1.68 bits per heavy atom. The van der Waals surface area contributed by atoms with Gasteiger partial charge in [-0.2, -0.15) is 0 Å². The predicted molar refractivity (Wildman–Crippen MR) is 98.1 cm³/mol. The summed E-state index contributed by atoms with van der Waals surface area (Å²) >= 11 is 0. The van der Waals surface area contributed by atoms with Gasteiger partial charge in [0.05, 0.1) is 12.7 Å². The molecule has 0 aliphatic rings. The highest BCUT2D eigenvalue weighted by Crippen LogP contribution is 2.12. The maximum atomic E-state index is 11.9. The van der Waals surface area contributed by atoms with Gasteiger partial charge < -0.3 is 20.5 Å².